The molecule has 1 heterocycles. The highest BCUT2D eigenvalue weighted by Gasteiger charge is 2.66. The Morgan fingerprint density at radius 3 is 2.40 bits per heavy atom. The third-order valence-corrected chi connectivity index (χ3v) is 7.54. The monoisotopic (exact) mass is 419 g/mol. The number of amides is 1. The molecule has 0 saturated carbocycles. The first-order chi connectivity index (χ1) is 14.0. The van der Waals surface area contributed by atoms with Crippen LogP contribution < -0.4 is 5.32 Å². The van der Waals surface area contributed by atoms with Gasteiger partial charge in [-0.25, -0.2) is 0 Å². The van der Waals surface area contributed by atoms with Crippen molar-refractivity contribution in [3.8, 4) is 0 Å². The van der Waals surface area contributed by atoms with Crippen molar-refractivity contribution in [3.63, 3.8) is 0 Å². The van der Waals surface area contributed by atoms with E-state index in [9.17, 15) is 24.9 Å². The minimum absolute atomic E-state index is 0.202. The third kappa shape index (κ3) is 3.67. The number of hydrogen-bond donors (Lipinski definition) is 4. The Labute approximate surface area is 179 Å². The first kappa shape index (κ1) is 23.2. The van der Waals surface area contributed by atoms with Crippen molar-refractivity contribution >= 4 is 11.7 Å². The largest absolute Gasteiger partial charge is 0.390 e. The van der Waals surface area contributed by atoms with Gasteiger partial charge in [0.1, 0.15) is 5.41 Å². The highest BCUT2D eigenvalue weighted by atomic mass is 16.3. The molecule has 0 aromatic rings. The lowest BCUT2D eigenvalue weighted by Gasteiger charge is -2.46. The zero-order valence-electron chi connectivity index (χ0n) is 18.8. The number of aliphatic hydroxyl groups excluding tert-OH is 3. The van der Waals surface area contributed by atoms with E-state index in [0.29, 0.717) is 25.2 Å². The minimum atomic E-state index is -1.46. The maximum absolute atomic E-state index is 13.8. The van der Waals surface area contributed by atoms with Gasteiger partial charge in [0.05, 0.1) is 18.3 Å². The zero-order valence-corrected chi connectivity index (χ0v) is 18.8. The van der Waals surface area contributed by atoms with Crippen LogP contribution in [-0.4, -0.2) is 51.4 Å². The number of rotatable bonds is 2. The maximum Gasteiger partial charge on any atom is 0.235 e. The quantitative estimate of drug-likeness (QED) is 0.406. The van der Waals surface area contributed by atoms with E-state index in [1.165, 1.54) is 0 Å². The summed E-state index contributed by atoms with van der Waals surface area (Å²) in [4.78, 5) is 27.4. The molecule has 0 bridgehead atoms. The lowest BCUT2D eigenvalue weighted by Crippen LogP contribution is -2.56. The maximum atomic E-state index is 13.8. The van der Waals surface area contributed by atoms with Gasteiger partial charge in [-0.05, 0) is 57.9 Å². The number of carbonyl (C=O) groups is 2. The van der Waals surface area contributed by atoms with Gasteiger partial charge in [0, 0.05) is 24.3 Å². The summed E-state index contributed by atoms with van der Waals surface area (Å²) in [5.41, 5.74) is 1.22. The fraction of sp³-hybridized carbons (Fsp3) is 0.750. The van der Waals surface area contributed by atoms with Gasteiger partial charge in [-0.15, -0.1) is 0 Å². The molecule has 168 valence electrons. The molecular weight excluding hydrogens is 382 g/mol. The summed E-state index contributed by atoms with van der Waals surface area (Å²) in [5.74, 6) is -1.47. The van der Waals surface area contributed by atoms with E-state index in [0.717, 1.165) is 23.1 Å². The molecule has 6 nitrogen and oxygen atoms in total. The van der Waals surface area contributed by atoms with Crippen LogP contribution >= 0.6 is 0 Å². The van der Waals surface area contributed by atoms with Crippen molar-refractivity contribution in [2.75, 3.05) is 0 Å². The molecule has 30 heavy (non-hydrogen) atoms. The Hall–Kier alpha value is -1.50. The summed E-state index contributed by atoms with van der Waals surface area (Å²) >= 11 is 0. The van der Waals surface area contributed by atoms with Gasteiger partial charge in [0.25, 0.3) is 0 Å². The molecule has 1 aliphatic heterocycles. The molecule has 3 rings (SSSR count). The van der Waals surface area contributed by atoms with Crippen LogP contribution in [0.5, 0.6) is 0 Å². The van der Waals surface area contributed by atoms with Crippen molar-refractivity contribution < 1.29 is 24.9 Å². The first-order valence-corrected chi connectivity index (χ1v) is 11.2. The fourth-order valence-corrected chi connectivity index (χ4v) is 5.91. The number of carbonyl (C=O) groups excluding carboxylic acids is 2. The average molecular weight is 420 g/mol. The van der Waals surface area contributed by atoms with Gasteiger partial charge in [0.15, 0.2) is 5.78 Å². The lowest BCUT2D eigenvalue weighted by atomic mass is 9.54. The second kappa shape index (κ2) is 8.56. The highest BCUT2D eigenvalue weighted by Crippen LogP contribution is 2.56. The predicted molar refractivity (Wildman–Crippen MR) is 114 cm³/mol. The molecule has 0 aromatic heterocycles. The van der Waals surface area contributed by atoms with Crippen LogP contribution in [0.4, 0.5) is 0 Å². The molecule has 6 heteroatoms. The number of nitrogens with one attached hydrogen (secondary N) is 1. The molecule has 3 aliphatic rings. The molecule has 2 aliphatic carbocycles. The summed E-state index contributed by atoms with van der Waals surface area (Å²) in [6, 6.07) is -0.202. The first-order valence-electron chi connectivity index (χ1n) is 11.2. The smallest absolute Gasteiger partial charge is 0.235 e. The van der Waals surface area contributed by atoms with Crippen molar-refractivity contribution in [1.29, 1.82) is 0 Å². The van der Waals surface area contributed by atoms with Gasteiger partial charge in [0.2, 0.25) is 5.91 Å². The second-order valence-electron chi connectivity index (χ2n) is 10.1. The van der Waals surface area contributed by atoms with Crippen LogP contribution in [0.15, 0.2) is 22.8 Å². The summed E-state index contributed by atoms with van der Waals surface area (Å²) in [5, 5.41) is 35.2. The summed E-state index contributed by atoms with van der Waals surface area (Å²) in [7, 11) is 0. The highest BCUT2D eigenvalue weighted by molar-refractivity contribution is 6.10. The topological polar surface area (TPSA) is 107 Å². The van der Waals surface area contributed by atoms with Crippen molar-refractivity contribution in [2.24, 2.45) is 23.2 Å². The standard InChI is InChI=1S/C24H37NO5/c1-12(2)9-17-21-14(4)15(5)22(29)16-10-13(3)7-6-8-18(26)19(27)11-20(28)24(16,21)23(30)25-17/h10,12,16-19,21-22,26-27,29H,6-9,11H2,1-5H3,(H,25,30)/t16-,17-,18+,19+,21-,22+,24+/m0/s1. The zero-order chi connectivity index (χ0) is 22.4. The fourth-order valence-electron chi connectivity index (χ4n) is 5.91. The Bertz CT molecular complexity index is 770. The molecule has 1 fully saturated rings. The van der Waals surface area contributed by atoms with Crippen LogP contribution in [0.3, 0.4) is 0 Å². The van der Waals surface area contributed by atoms with Crippen LogP contribution in [0.25, 0.3) is 0 Å². The van der Waals surface area contributed by atoms with Gasteiger partial charge in [-0.1, -0.05) is 31.1 Å². The van der Waals surface area contributed by atoms with Crippen molar-refractivity contribution in [2.45, 2.75) is 91.1 Å². The minimum Gasteiger partial charge on any atom is -0.390 e. The van der Waals surface area contributed by atoms with Gasteiger partial charge >= 0.3 is 0 Å². The molecular formula is C24H37NO5. The lowest BCUT2D eigenvalue weighted by molar-refractivity contribution is -0.150. The third-order valence-electron chi connectivity index (χ3n) is 7.54. The van der Waals surface area contributed by atoms with E-state index < -0.39 is 29.6 Å². The van der Waals surface area contributed by atoms with Crippen LogP contribution in [0.2, 0.25) is 0 Å². The van der Waals surface area contributed by atoms with Gasteiger partial charge in [-0.2, -0.15) is 0 Å². The van der Waals surface area contributed by atoms with Crippen LogP contribution in [0.1, 0.15) is 66.7 Å². The number of aliphatic hydroxyl groups is 3. The molecule has 1 amide bonds. The van der Waals surface area contributed by atoms with Gasteiger partial charge < -0.3 is 20.6 Å². The van der Waals surface area contributed by atoms with Crippen LogP contribution in [0, 0.1) is 23.2 Å². The number of ketones is 1. The average Bonchev–Trinajstić information content (AvgIpc) is 2.94. The molecule has 0 radical (unpaired) electrons. The van der Waals surface area contributed by atoms with E-state index >= 15 is 0 Å². The molecule has 1 saturated heterocycles. The SMILES string of the molecule is CC1=C[C@H]2[C@H](O)C(C)=C(C)[C@H]3[C@H](CC(C)C)NC(=O)[C@@]23C(=O)C[C@@H](O)[C@H](O)CCC1. The number of Topliss-reactive ketones (excluding diaryl/α,β-unsaturated/α-hetero) is 1. The number of hydrogen-bond acceptors (Lipinski definition) is 5. The number of allylic oxidation sites excluding steroid dienone is 1. The summed E-state index contributed by atoms with van der Waals surface area (Å²) in [6.45, 7) is 9.91. The molecule has 7 atom stereocenters. The Kier molecular flexibility index (Phi) is 6.61. The molecule has 4 N–H and O–H groups in total. The van der Waals surface area contributed by atoms with Gasteiger partial charge in [-0.3, -0.25) is 9.59 Å². The molecule has 0 aromatic carbocycles. The van der Waals surface area contributed by atoms with E-state index in [-0.39, 0.29) is 30.1 Å². The predicted octanol–water partition coefficient (Wildman–Crippen LogP) is 2.27. The Morgan fingerprint density at radius 1 is 1.10 bits per heavy atom. The Balaban J connectivity index is 2.23. The molecule has 0 unspecified atom stereocenters. The van der Waals surface area contributed by atoms with Crippen molar-refractivity contribution in [3.05, 3.63) is 22.8 Å². The van der Waals surface area contributed by atoms with E-state index in [1.54, 1.807) is 0 Å². The van der Waals surface area contributed by atoms with E-state index in [2.05, 4.69) is 19.2 Å². The van der Waals surface area contributed by atoms with Crippen LogP contribution in [-0.2, 0) is 9.59 Å². The van der Waals surface area contributed by atoms with E-state index in [1.807, 2.05) is 26.8 Å². The van der Waals surface area contributed by atoms with E-state index in [4.69, 9.17) is 0 Å². The molecule has 1 spiro atoms. The Morgan fingerprint density at radius 2 is 1.77 bits per heavy atom. The van der Waals surface area contributed by atoms with Crippen molar-refractivity contribution in [1.82, 2.24) is 5.32 Å². The second-order valence-corrected chi connectivity index (χ2v) is 10.1. The normalized spacial score (nSPS) is 40.5. The summed E-state index contributed by atoms with van der Waals surface area (Å²) < 4.78 is 0. The summed E-state index contributed by atoms with van der Waals surface area (Å²) in [6.07, 6.45) is 0.934.